The molecular formula is C11H14FNO2. The van der Waals surface area contributed by atoms with Crippen molar-refractivity contribution in [1.82, 2.24) is 0 Å². The van der Waals surface area contributed by atoms with Gasteiger partial charge < -0.3 is 15.6 Å². The average molecular weight is 211 g/mol. The summed E-state index contributed by atoms with van der Waals surface area (Å²) in [4.78, 5) is 0. The van der Waals surface area contributed by atoms with E-state index in [2.05, 4.69) is 0 Å². The Bertz CT molecular complexity index is 383. The highest BCUT2D eigenvalue weighted by atomic mass is 19.1. The molecule has 2 rings (SSSR count). The molecule has 0 aromatic heterocycles. The van der Waals surface area contributed by atoms with Crippen molar-refractivity contribution in [2.45, 2.75) is 12.5 Å². The SMILES string of the molecule is CC1COc2ccc(F)cc2C1(N)CO. The third-order valence-electron chi connectivity index (χ3n) is 3.07. The lowest BCUT2D eigenvalue weighted by Gasteiger charge is -2.39. The smallest absolute Gasteiger partial charge is 0.124 e. The van der Waals surface area contributed by atoms with E-state index in [9.17, 15) is 9.50 Å². The van der Waals surface area contributed by atoms with Crippen LogP contribution >= 0.6 is 0 Å². The first-order chi connectivity index (χ1) is 7.08. The minimum Gasteiger partial charge on any atom is -0.493 e. The van der Waals surface area contributed by atoms with Gasteiger partial charge in [0.2, 0.25) is 0 Å². The van der Waals surface area contributed by atoms with E-state index >= 15 is 0 Å². The third kappa shape index (κ3) is 1.50. The molecule has 1 heterocycles. The number of hydrogen-bond donors (Lipinski definition) is 2. The molecule has 0 fully saturated rings. The van der Waals surface area contributed by atoms with Crippen LogP contribution < -0.4 is 10.5 Å². The Morgan fingerprint density at radius 1 is 1.67 bits per heavy atom. The lowest BCUT2D eigenvalue weighted by molar-refractivity contribution is 0.0849. The zero-order chi connectivity index (χ0) is 11.1. The van der Waals surface area contributed by atoms with Crippen molar-refractivity contribution in [2.24, 2.45) is 11.7 Å². The van der Waals surface area contributed by atoms with Crippen LogP contribution in [0.3, 0.4) is 0 Å². The molecule has 15 heavy (non-hydrogen) atoms. The molecule has 0 radical (unpaired) electrons. The van der Waals surface area contributed by atoms with E-state index in [1.54, 1.807) is 6.07 Å². The number of hydrogen-bond acceptors (Lipinski definition) is 3. The molecule has 1 aromatic rings. The molecule has 0 bridgehead atoms. The highest BCUT2D eigenvalue weighted by Gasteiger charge is 2.39. The second kappa shape index (κ2) is 3.47. The Morgan fingerprint density at radius 2 is 2.40 bits per heavy atom. The number of fused-ring (bicyclic) bond motifs is 1. The van der Waals surface area contributed by atoms with Gasteiger partial charge in [-0.25, -0.2) is 4.39 Å². The number of aliphatic hydroxyl groups is 1. The van der Waals surface area contributed by atoms with Gasteiger partial charge in [0.05, 0.1) is 18.8 Å². The number of aliphatic hydroxyl groups excluding tert-OH is 1. The van der Waals surface area contributed by atoms with Crippen molar-refractivity contribution in [3.63, 3.8) is 0 Å². The molecule has 1 aliphatic heterocycles. The summed E-state index contributed by atoms with van der Waals surface area (Å²) in [6.45, 7) is 2.10. The molecule has 1 aromatic carbocycles. The molecule has 4 heteroatoms. The first kappa shape index (κ1) is 10.4. The van der Waals surface area contributed by atoms with Crippen LogP contribution in [-0.4, -0.2) is 18.3 Å². The Balaban J connectivity index is 2.56. The van der Waals surface area contributed by atoms with E-state index in [0.29, 0.717) is 17.9 Å². The minimum atomic E-state index is -0.907. The predicted octanol–water partition coefficient (Wildman–Crippen LogP) is 1.00. The first-order valence-corrected chi connectivity index (χ1v) is 4.90. The Kier molecular flexibility index (Phi) is 2.40. The number of rotatable bonds is 1. The van der Waals surface area contributed by atoms with Crippen LogP contribution in [0.1, 0.15) is 12.5 Å². The Labute approximate surface area is 87.7 Å². The first-order valence-electron chi connectivity index (χ1n) is 4.90. The fourth-order valence-electron chi connectivity index (χ4n) is 1.86. The summed E-state index contributed by atoms with van der Waals surface area (Å²) in [6.07, 6.45) is 0. The van der Waals surface area contributed by atoms with Gasteiger partial charge in [-0.3, -0.25) is 0 Å². The zero-order valence-electron chi connectivity index (χ0n) is 8.53. The molecular weight excluding hydrogens is 197 g/mol. The van der Waals surface area contributed by atoms with E-state index in [1.807, 2.05) is 6.92 Å². The maximum absolute atomic E-state index is 13.1. The summed E-state index contributed by atoms with van der Waals surface area (Å²) in [5, 5.41) is 9.36. The van der Waals surface area contributed by atoms with E-state index in [-0.39, 0.29) is 18.3 Å². The van der Waals surface area contributed by atoms with Crippen molar-refractivity contribution in [2.75, 3.05) is 13.2 Å². The summed E-state index contributed by atoms with van der Waals surface area (Å²) < 4.78 is 18.5. The molecule has 82 valence electrons. The average Bonchev–Trinajstić information content (AvgIpc) is 2.24. The van der Waals surface area contributed by atoms with Crippen molar-refractivity contribution in [3.05, 3.63) is 29.6 Å². The van der Waals surface area contributed by atoms with Gasteiger partial charge in [0.25, 0.3) is 0 Å². The second-order valence-electron chi connectivity index (χ2n) is 4.05. The van der Waals surface area contributed by atoms with Crippen LogP contribution in [-0.2, 0) is 5.54 Å². The van der Waals surface area contributed by atoms with Gasteiger partial charge in [-0.05, 0) is 18.2 Å². The van der Waals surface area contributed by atoms with Crippen molar-refractivity contribution in [3.8, 4) is 5.75 Å². The number of ether oxygens (including phenoxy) is 1. The topological polar surface area (TPSA) is 55.5 Å². The van der Waals surface area contributed by atoms with Crippen LogP contribution in [0.4, 0.5) is 4.39 Å². The van der Waals surface area contributed by atoms with Gasteiger partial charge in [0, 0.05) is 11.5 Å². The fraction of sp³-hybridized carbons (Fsp3) is 0.455. The van der Waals surface area contributed by atoms with E-state index in [1.165, 1.54) is 12.1 Å². The maximum Gasteiger partial charge on any atom is 0.124 e. The summed E-state index contributed by atoms with van der Waals surface area (Å²) in [5.74, 6) is 0.151. The van der Waals surface area contributed by atoms with Crippen LogP contribution in [0.2, 0.25) is 0 Å². The third-order valence-corrected chi connectivity index (χ3v) is 3.07. The second-order valence-corrected chi connectivity index (χ2v) is 4.05. The fourth-order valence-corrected chi connectivity index (χ4v) is 1.86. The summed E-state index contributed by atoms with van der Waals surface area (Å²) in [5.41, 5.74) is 5.72. The van der Waals surface area contributed by atoms with Crippen LogP contribution in [0.5, 0.6) is 5.75 Å². The van der Waals surface area contributed by atoms with Crippen molar-refractivity contribution < 1.29 is 14.2 Å². The van der Waals surface area contributed by atoms with Gasteiger partial charge in [-0.1, -0.05) is 6.92 Å². The van der Waals surface area contributed by atoms with E-state index in [0.717, 1.165) is 0 Å². The quantitative estimate of drug-likeness (QED) is 0.728. The lowest BCUT2D eigenvalue weighted by atomic mass is 9.78. The molecule has 2 unspecified atom stereocenters. The van der Waals surface area contributed by atoms with Crippen molar-refractivity contribution in [1.29, 1.82) is 0 Å². The predicted molar refractivity (Wildman–Crippen MR) is 54.0 cm³/mol. The number of benzene rings is 1. The Hall–Kier alpha value is -1.13. The van der Waals surface area contributed by atoms with Gasteiger partial charge in [-0.15, -0.1) is 0 Å². The molecule has 0 amide bonds. The van der Waals surface area contributed by atoms with E-state index in [4.69, 9.17) is 10.5 Å². The largest absolute Gasteiger partial charge is 0.493 e. The van der Waals surface area contributed by atoms with E-state index < -0.39 is 5.54 Å². The summed E-state index contributed by atoms with van der Waals surface area (Å²) in [6, 6.07) is 4.21. The summed E-state index contributed by atoms with van der Waals surface area (Å²) >= 11 is 0. The maximum atomic E-state index is 13.1. The number of nitrogens with two attached hydrogens (primary N) is 1. The molecule has 2 atom stereocenters. The minimum absolute atomic E-state index is 0.0446. The van der Waals surface area contributed by atoms with Gasteiger partial charge in [-0.2, -0.15) is 0 Å². The monoisotopic (exact) mass is 211 g/mol. The van der Waals surface area contributed by atoms with Gasteiger partial charge >= 0.3 is 0 Å². The molecule has 3 N–H and O–H groups in total. The molecule has 1 aliphatic rings. The zero-order valence-corrected chi connectivity index (χ0v) is 8.53. The van der Waals surface area contributed by atoms with Gasteiger partial charge in [0.15, 0.2) is 0 Å². The standard InChI is InChI=1S/C11H14FNO2/c1-7-5-15-10-3-2-8(12)4-9(10)11(7,13)6-14/h2-4,7,14H,5-6,13H2,1H3. The van der Waals surface area contributed by atoms with Crippen LogP contribution in [0.15, 0.2) is 18.2 Å². The van der Waals surface area contributed by atoms with Crippen LogP contribution in [0.25, 0.3) is 0 Å². The lowest BCUT2D eigenvalue weighted by Crippen LogP contribution is -2.51. The normalized spacial score (nSPS) is 29.5. The molecule has 3 nitrogen and oxygen atoms in total. The Morgan fingerprint density at radius 3 is 3.07 bits per heavy atom. The molecule has 0 aliphatic carbocycles. The number of halogens is 1. The highest BCUT2D eigenvalue weighted by molar-refractivity contribution is 5.41. The van der Waals surface area contributed by atoms with Crippen molar-refractivity contribution >= 4 is 0 Å². The molecule has 0 saturated heterocycles. The molecule has 0 saturated carbocycles. The van der Waals surface area contributed by atoms with Gasteiger partial charge in [0.1, 0.15) is 11.6 Å². The van der Waals surface area contributed by atoms with Crippen LogP contribution in [0, 0.1) is 11.7 Å². The molecule has 0 spiro atoms. The highest BCUT2D eigenvalue weighted by Crippen LogP contribution is 2.38. The summed E-state index contributed by atoms with van der Waals surface area (Å²) in [7, 11) is 0.